The smallest absolute Gasteiger partial charge is 0.0925 e. The van der Waals surface area contributed by atoms with Crippen molar-refractivity contribution in [1.29, 1.82) is 0 Å². The molecular weight excluding hydrogens is 398 g/mol. The second kappa shape index (κ2) is 10.9. The van der Waals surface area contributed by atoms with Crippen LogP contribution < -0.4 is 16.4 Å². The number of nitrogens with two attached hydrogens (primary N) is 2. The zero-order chi connectivity index (χ0) is 22.3. The highest BCUT2D eigenvalue weighted by atomic mass is 15.2. The van der Waals surface area contributed by atoms with Crippen LogP contribution in [-0.4, -0.2) is 67.4 Å². The summed E-state index contributed by atoms with van der Waals surface area (Å²) in [6.45, 7) is 5.81. The maximum absolute atomic E-state index is 6.53. The molecule has 1 saturated heterocycles. The first-order chi connectivity index (χ1) is 15.7. The number of hydrogen-bond donors (Lipinski definition) is 2. The third kappa shape index (κ3) is 5.84. The van der Waals surface area contributed by atoms with Crippen LogP contribution >= 0.6 is 0 Å². The second-order valence-corrected chi connectivity index (χ2v) is 9.10. The van der Waals surface area contributed by atoms with E-state index in [1.54, 1.807) is 0 Å². The van der Waals surface area contributed by atoms with Crippen LogP contribution in [0.5, 0.6) is 0 Å². The summed E-state index contributed by atoms with van der Waals surface area (Å²) in [6, 6.07) is 6.39. The molecule has 172 valence electrons. The largest absolute Gasteiger partial charge is 0.401 e. The maximum Gasteiger partial charge on any atom is 0.0925 e. The van der Waals surface area contributed by atoms with Gasteiger partial charge in [0.1, 0.15) is 0 Å². The van der Waals surface area contributed by atoms with E-state index >= 15 is 0 Å². The Morgan fingerprint density at radius 1 is 1.09 bits per heavy atom. The fourth-order valence-corrected chi connectivity index (χ4v) is 4.15. The molecule has 0 atom stereocenters. The molecule has 1 aromatic heterocycles. The van der Waals surface area contributed by atoms with E-state index < -0.39 is 0 Å². The molecule has 1 aliphatic carbocycles. The van der Waals surface area contributed by atoms with E-state index in [1.807, 2.05) is 12.4 Å². The molecular formula is C25H37N7. The zero-order valence-electron chi connectivity index (χ0n) is 19.3. The van der Waals surface area contributed by atoms with Crippen molar-refractivity contribution in [2.45, 2.75) is 38.5 Å². The van der Waals surface area contributed by atoms with Gasteiger partial charge in [-0.2, -0.15) is 0 Å². The van der Waals surface area contributed by atoms with Crippen LogP contribution in [-0.2, 0) is 0 Å². The maximum atomic E-state index is 6.53. The molecule has 0 amide bonds. The number of benzene rings is 1. The number of unbranched alkanes of at least 4 members (excludes halogenated alkanes) is 3. The van der Waals surface area contributed by atoms with Gasteiger partial charge in [-0.15, -0.1) is 0 Å². The topological polar surface area (TPSA) is 96.7 Å². The Bertz CT molecular complexity index is 956. The first kappa shape index (κ1) is 22.7. The average molecular weight is 436 g/mol. The number of aromatic nitrogens is 2. The van der Waals surface area contributed by atoms with E-state index in [1.165, 1.54) is 12.1 Å². The van der Waals surface area contributed by atoms with Gasteiger partial charge in [-0.3, -0.25) is 9.98 Å². The Hall–Kier alpha value is -2.51. The highest BCUT2D eigenvalue weighted by Crippen LogP contribution is 2.37. The van der Waals surface area contributed by atoms with Crippen molar-refractivity contribution in [3.05, 3.63) is 35.8 Å². The van der Waals surface area contributed by atoms with Gasteiger partial charge >= 0.3 is 0 Å². The van der Waals surface area contributed by atoms with Crippen LogP contribution in [0.4, 0.5) is 5.69 Å². The van der Waals surface area contributed by atoms with Crippen molar-refractivity contribution >= 4 is 28.5 Å². The zero-order valence-corrected chi connectivity index (χ0v) is 19.3. The number of hydrogen-bond acceptors (Lipinski definition) is 7. The highest BCUT2D eigenvalue weighted by molar-refractivity contribution is 6.10. The van der Waals surface area contributed by atoms with Crippen molar-refractivity contribution in [1.82, 2.24) is 14.9 Å². The Kier molecular flexibility index (Phi) is 7.71. The fraction of sp³-hybridized carbons (Fsp3) is 0.560. The van der Waals surface area contributed by atoms with Gasteiger partial charge in [0.05, 0.1) is 22.9 Å². The average Bonchev–Trinajstić information content (AvgIpc) is 3.66. The van der Waals surface area contributed by atoms with Crippen LogP contribution in [0, 0.1) is 5.92 Å². The molecule has 2 fully saturated rings. The lowest BCUT2D eigenvalue weighted by Crippen LogP contribution is -2.44. The summed E-state index contributed by atoms with van der Waals surface area (Å²) in [6.07, 6.45) is 10.6. The molecule has 0 bridgehead atoms. The van der Waals surface area contributed by atoms with Crippen molar-refractivity contribution in [3.8, 4) is 0 Å². The van der Waals surface area contributed by atoms with E-state index in [2.05, 4.69) is 45.0 Å². The van der Waals surface area contributed by atoms with Gasteiger partial charge in [0.15, 0.2) is 0 Å². The predicted molar refractivity (Wildman–Crippen MR) is 134 cm³/mol. The second-order valence-electron chi connectivity index (χ2n) is 9.10. The van der Waals surface area contributed by atoms with E-state index in [4.69, 9.17) is 16.5 Å². The molecule has 0 unspecified atom stereocenters. The minimum absolute atomic E-state index is 0.454. The third-order valence-corrected chi connectivity index (χ3v) is 6.46. The number of fused-ring (bicyclic) bond motifs is 1. The summed E-state index contributed by atoms with van der Waals surface area (Å²) >= 11 is 0. The van der Waals surface area contributed by atoms with Crippen LogP contribution in [0.15, 0.2) is 35.1 Å². The van der Waals surface area contributed by atoms with Gasteiger partial charge in [0.2, 0.25) is 0 Å². The minimum Gasteiger partial charge on any atom is -0.401 e. The van der Waals surface area contributed by atoms with Gasteiger partial charge in [-0.1, -0.05) is 12.8 Å². The standard InChI is InChI=1S/C25H37N7/c1-31-12-14-32(15-13-31)20-8-9-22-23(16-20)30-24(18-29-22)21(25(27)19-6-7-19)17-28-11-5-3-2-4-10-26/h8-9,16-19H,2-7,10-15,26-27H2,1H3. The molecule has 1 aliphatic heterocycles. The van der Waals surface area contributed by atoms with Crippen molar-refractivity contribution < 1.29 is 0 Å². The molecule has 2 aliphatic rings. The lowest BCUT2D eigenvalue weighted by molar-refractivity contribution is 0.313. The molecule has 1 saturated carbocycles. The molecule has 32 heavy (non-hydrogen) atoms. The van der Waals surface area contributed by atoms with Crippen LogP contribution in [0.2, 0.25) is 0 Å². The van der Waals surface area contributed by atoms with Crippen molar-refractivity contribution in [3.63, 3.8) is 0 Å². The molecule has 7 heteroatoms. The number of aliphatic imine (C=N–C) groups is 1. The summed E-state index contributed by atoms with van der Waals surface area (Å²) in [5.41, 5.74) is 17.8. The third-order valence-electron chi connectivity index (χ3n) is 6.46. The van der Waals surface area contributed by atoms with Crippen molar-refractivity contribution in [2.24, 2.45) is 22.4 Å². The summed E-state index contributed by atoms with van der Waals surface area (Å²) in [5.74, 6) is 0.454. The first-order valence-electron chi connectivity index (χ1n) is 12.1. The molecule has 7 nitrogen and oxygen atoms in total. The SMILES string of the molecule is CN1CCN(c2ccc3ncc(C(C=NCCCCCCN)=C(N)C4CC4)nc3c2)CC1. The van der Waals surface area contributed by atoms with Crippen LogP contribution in [0.1, 0.15) is 44.2 Å². The molecule has 2 aromatic rings. The van der Waals surface area contributed by atoms with Gasteiger partial charge < -0.3 is 21.3 Å². The lowest BCUT2D eigenvalue weighted by atomic mass is 10.1. The number of nitrogens with zero attached hydrogens (tertiary/aromatic N) is 5. The predicted octanol–water partition coefficient (Wildman–Crippen LogP) is 3.05. The molecule has 4 N–H and O–H groups in total. The Balaban J connectivity index is 1.53. The fourth-order valence-electron chi connectivity index (χ4n) is 4.15. The molecule has 2 heterocycles. The van der Waals surface area contributed by atoms with Gasteiger partial charge in [0.25, 0.3) is 0 Å². The normalized spacial score (nSPS) is 18.5. The van der Waals surface area contributed by atoms with Crippen LogP contribution in [0.25, 0.3) is 16.6 Å². The highest BCUT2D eigenvalue weighted by Gasteiger charge is 2.27. The molecule has 4 rings (SSSR count). The number of allylic oxidation sites excluding steroid dienone is 2. The molecule has 0 radical (unpaired) electrons. The minimum atomic E-state index is 0.454. The van der Waals surface area contributed by atoms with E-state index in [9.17, 15) is 0 Å². The summed E-state index contributed by atoms with van der Waals surface area (Å²) in [7, 11) is 2.18. The van der Waals surface area contributed by atoms with E-state index in [0.717, 1.165) is 99.4 Å². The van der Waals surface area contributed by atoms with Crippen LogP contribution in [0.3, 0.4) is 0 Å². The van der Waals surface area contributed by atoms with Crippen molar-refractivity contribution in [2.75, 3.05) is 51.2 Å². The summed E-state index contributed by atoms with van der Waals surface area (Å²) in [5, 5.41) is 0. The molecule has 1 aromatic carbocycles. The van der Waals surface area contributed by atoms with E-state index in [-0.39, 0.29) is 0 Å². The Morgan fingerprint density at radius 2 is 1.88 bits per heavy atom. The Labute approximate surface area is 191 Å². The number of anilines is 1. The summed E-state index contributed by atoms with van der Waals surface area (Å²) < 4.78 is 0. The number of piperazine rings is 1. The number of likely N-dealkylation sites (N-methyl/N-ethyl adjacent to an activating group) is 1. The monoisotopic (exact) mass is 435 g/mol. The van der Waals surface area contributed by atoms with E-state index in [0.29, 0.717) is 5.92 Å². The number of rotatable bonds is 10. The van der Waals surface area contributed by atoms with Gasteiger partial charge in [-0.25, -0.2) is 4.98 Å². The van der Waals surface area contributed by atoms with Gasteiger partial charge in [-0.05, 0) is 63.4 Å². The quantitative estimate of drug-likeness (QED) is 0.440. The molecule has 0 spiro atoms. The lowest BCUT2D eigenvalue weighted by Gasteiger charge is -2.34. The Morgan fingerprint density at radius 3 is 2.62 bits per heavy atom. The first-order valence-corrected chi connectivity index (χ1v) is 12.1. The van der Waals surface area contributed by atoms with Gasteiger partial charge in [0, 0.05) is 55.9 Å². The summed E-state index contributed by atoms with van der Waals surface area (Å²) in [4.78, 5) is 19.1.